The summed E-state index contributed by atoms with van der Waals surface area (Å²) in [6.45, 7) is 0. The molecule has 2 amide bonds. The van der Waals surface area contributed by atoms with E-state index in [2.05, 4.69) is 21.1 Å². The molecule has 8 nitrogen and oxygen atoms in total. The molecule has 0 atom stereocenters. The van der Waals surface area contributed by atoms with Crippen LogP contribution in [-0.4, -0.2) is 34.5 Å². The van der Waals surface area contributed by atoms with Crippen molar-refractivity contribution in [3.8, 4) is 11.5 Å². The van der Waals surface area contributed by atoms with Gasteiger partial charge < -0.3 is 10.2 Å². The molecule has 4 rings (SSSR count). The quantitative estimate of drug-likeness (QED) is 0.106. The molecular formula is C28H22Cl4FeN4O4+5. The monoisotopic (exact) mass is 674 g/mol. The van der Waals surface area contributed by atoms with Crippen LogP contribution < -0.4 is 10.9 Å². The average molecular weight is 676 g/mol. The van der Waals surface area contributed by atoms with Crippen LogP contribution in [0.2, 0.25) is 20.1 Å². The molecule has 0 fully saturated rings. The summed E-state index contributed by atoms with van der Waals surface area (Å²) >= 11 is 23.4. The van der Waals surface area contributed by atoms with Gasteiger partial charge in [0.1, 0.15) is 10.0 Å². The number of halogens is 4. The number of benzene rings is 4. The van der Waals surface area contributed by atoms with Gasteiger partial charge in [-0.05, 0) is 48.5 Å². The molecule has 41 heavy (non-hydrogen) atoms. The van der Waals surface area contributed by atoms with Crippen LogP contribution in [0.25, 0.3) is 0 Å². The molecule has 0 saturated heterocycles. The van der Waals surface area contributed by atoms with Crippen molar-refractivity contribution in [3.63, 3.8) is 0 Å². The first kappa shape index (κ1) is 33.6. The van der Waals surface area contributed by atoms with Crippen molar-refractivity contribution in [2.75, 3.05) is 0 Å². The van der Waals surface area contributed by atoms with Crippen molar-refractivity contribution in [1.82, 2.24) is 10.9 Å². The molecule has 4 aromatic rings. The second-order valence-corrected chi connectivity index (χ2v) is 9.52. The Labute approximate surface area is 266 Å². The average Bonchev–Trinajstić information content (AvgIpc) is 2.95. The third-order valence-corrected chi connectivity index (χ3v) is 6.02. The summed E-state index contributed by atoms with van der Waals surface area (Å²) in [5.41, 5.74) is 6.60. The van der Waals surface area contributed by atoms with Crippen LogP contribution >= 0.6 is 46.4 Å². The van der Waals surface area contributed by atoms with Crippen LogP contribution in [0.15, 0.2) is 95.1 Å². The Morgan fingerprint density at radius 3 is 1.29 bits per heavy atom. The number of hydrazone groups is 2. The molecule has 0 spiro atoms. The number of hydrogen-bond donors (Lipinski definition) is 2. The van der Waals surface area contributed by atoms with E-state index in [9.17, 15) is 9.59 Å². The normalized spacial score (nSPS) is 10.4. The molecule has 0 unspecified atom stereocenters. The van der Waals surface area contributed by atoms with Gasteiger partial charge in [0.2, 0.25) is 0 Å². The second kappa shape index (κ2) is 16.6. The summed E-state index contributed by atoms with van der Waals surface area (Å²) < 4.78 is 0. The third-order valence-electron chi connectivity index (χ3n) is 4.98. The first-order valence-electron chi connectivity index (χ1n) is 11.3. The topological polar surface area (TPSA) is 129 Å². The summed E-state index contributed by atoms with van der Waals surface area (Å²) in [7, 11) is 0. The fraction of sp³-hybridized carbons (Fsp3) is 0. The fourth-order valence-corrected chi connectivity index (χ4v) is 4.04. The first-order valence-corrected chi connectivity index (χ1v) is 12.8. The number of rotatable bonds is 6. The van der Waals surface area contributed by atoms with E-state index in [0.717, 1.165) is 0 Å². The minimum atomic E-state index is -0.332. The molecule has 13 heteroatoms. The Bertz CT molecular complexity index is 1440. The Hall–Kier alpha value is -3.56. The minimum absolute atomic E-state index is 0. The number of carbonyl (C=O) groups is 2. The van der Waals surface area contributed by atoms with Gasteiger partial charge in [0.25, 0.3) is 23.3 Å². The van der Waals surface area contributed by atoms with E-state index in [-0.39, 0.29) is 50.4 Å². The van der Waals surface area contributed by atoms with Crippen LogP contribution in [0.5, 0.6) is 11.5 Å². The Morgan fingerprint density at radius 1 is 0.610 bits per heavy atom. The van der Waals surface area contributed by atoms with Crippen molar-refractivity contribution in [3.05, 3.63) is 127 Å². The molecule has 0 saturated carbocycles. The molecule has 0 aliphatic heterocycles. The standard InChI is InChI=1S/2C14H10Cl2N2O2.Fe/c2*15-11-6-10(13(19)12(16)7-11)8-17-18-14(20)9-4-2-1-3-5-9;/h2*1-8,19H,(H,18,20);/q;;+3/p+2. The summed E-state index contributed by atoms with van der Waals surface area (Å²) in [5.74, 6) is -0.453. The summed E-state index contributed by atoms with van der Waals surface area (Å²) in [6, 6.07) is 23.4. The zero-order valence-corrected chi connectivity index (χ0v) is 24.9. The van der Waals surface area contributed by atoms with Crippen LogP contribution in [0.1, 0.15) is 31.8 Å². The van der Waals surface area contributed by atoms with E-state index >= 15 is 0 Å². The summed E-state index contributed by atoms with van der Waals surface area (Å²) in [5, 5.41) is 24.4. The van der Waals surface area contributed by atoms with Gasteiger partial charge in [0.15, 0.2) is 0 Å². The van der Waals surface area contributed by atoms with Gasteiger partial charge in [-0.15, -0.1) is 0 Å². The molecule has 4 aromatic carbocycles. The Morgan fingerprint density at radius 2 is 0.951 bits per heavy atom. The predicted octanol–water partition coefficient (Wildman–Crippen LogP) is 6.39. The van der Waals surface area contributed by atoms with E-state index in [1.54, 1.807) is 60.7 Å². The Balaban J connectivity index is 0.000000280. The van der Waals surface area contributed by atoms with Gasteiger partial charge in [-0.2, -0.15) is 10.2 Å². The summed E-state index contributed by atoms with van der Waals surface area (Å²) in [4.78, 5) is 23.5. The molecule has 0 bridgehead atoms. The third kappa shape index (κ3) is 10.4. The fourth-order valence-electron chi connectivity index (χ4n) is 3.02. The van der Waals surface area contributed by atoms with Crippen LogP contribution in [0.3, 0.4) is 0 Å². The second-order valence-electron chi connectivity index (χ2n) is 7.83. The van der Waals surface area contributed by atoms with E-state index < -0.39 is 0 Å². The van der Waals surface area contributed by atoms with Gasteiger partial charge in [-0.1, -0.05) is 82.8 Å². The first-order chi connectivity index (χ1) is 19.2. The zero-order chi connectivity index (χ0) is 29.1. The molecule has 209 valence electrons. The zero-order valence-electron chi connectivity index (χ0n) is 20.8. The maximum absolute atomic E-state index is 11.7. The maximum atomic E-state index is 11.7. The number of nitrogens with zero attached hydrogens (tertiary/aromatic N) is 2. The van der Waals surface area contributed by atoms with Gasteiger partial charge in [0, 0.05) is 21.2 Å². The minimum Gasteiger partial charge on any atom is -0.592 e. The maximum Gasteiger partial charge on any atom is 3.00 e. The molecule has 0 aliphatic rings. The molecule has 6 N–H and O–H groups in total. The van der Waals surface area contributed by atoms with Crippen LogP contribution in [0.4, 0.5) is 0 Å². The van der Waals surface area contributed by atoms with E-state index in [4.69, 9.17) is 56.6 Å². The SMILES string of the molecule is O=C(NN=Cc1cc(Cl)cc(Cl)c1[OH2+])c1ccccc1.O=C(NN=Cc1cc(Cl)cc(Cl)c1[OH2+])c1ccccc1.[Fe+3]. The van der Waals surface area contributed by atoms with Crippen molar-refractivity contribution in [2.24, 2.45) is 10.2 Å². The van der Waals surface area contributed by atoms with E-state index in [0.29, 0.717) is 32.3 Å². The largest absolute Gasteiger partial charge is 3.00 e. The number of nitrogens with one attached hydrogen (secondary N) is 2. The molecule has 0 aromatic heterocycles. The molecular weight excluding hydrogens is 654 g/mol. The number of carbonyl (C=O) groups excluding carboxylic acids is 2. The van der Waals surface area contributed by atoms with Crippen molar-refractivity contribution >= 4 is 70.6 Å². The number of amides is 2. The van der Waals surface area contributed by atoms with E-state index in [1.807, 2.05) is 12.1 Å². The van der Waals surface area contributed by atoms with Gasteiger partial charge in [-0.25, -0.2) is 10.9 Å². The molecule has 0 aliphatic carbocycles. The van der Waals surface area contributed by atoms with Crippen LogP contribution in [-0.2, 0) is 17.1 Å². The van der Waals surface area contributed by atoms with Crippen molar-refractivity contribution in [2.45, 2.75) is 0 Å². The Kier molecular flexibility index (Phi) is 13.7. The molecule has 1 radical (unpaired) electrons. The van der Waals surface area contributed by atoms with Gasteiger partial charge in [-0.3, -0.25) is 9.59 Å². The summed E-state index contributed by atoms with van der Waals surface area (Å²) in [6.07, 6.45) is 2.67. The smallest absolute Gasteiger partial charge is 0.592 e. The van der Waals surface area contributed by atoms with Crippen molar-refractivity contribution < 1.29 is 36.9 Å². The van der Waals surface area contributed by atoms with Crippen molar-refractivity contribution in [1.29, 1.82) is 0 Å². The predicted molar refractivity (Wildman–Crippen MR) is 162 cm³/mol. The van der Waals surface area contributed by atoms with E-state index in [1.165, 1.54) is 24.6 Å². The molecule has 0 heterocycles. The number of hydrogen-bond acceptors (Lipinski definition) is 4. The van der Waals surface area contributed by atoms with Gasteiger partial charge >= 0.3 is 17.1 Å². The van der Waals surface area contributed by atoms with Gasteiger partial charge in [0.05, 0.1) is 23.6 Å². The van der Waals surface area contributed by atoms with Crippen LogP contribution in [0, 0.1) is 0 Å².